The molecule has 3 heterocycles. The average molecular weight is 531 g/mol. The maximum absolute atomic E-state index is 13.7. The molecular formula is C25H31ClN6O3S. The van der Waals surface area contributed by atoms with Crippen LogP contribution in [0.2, 0.25) is 5.02 Å². The topological polar surface area (TPSA) is 123 Å². The molecule has 1 atom stereocenters. The Kier molecular flexibility index (Phi) is 6.46. The van der Waals surface area contributed by atoms with Gasteiger partial charge in [-0.3, -0.25) is 9.52 Å². The quantitative estimate of drug-likeness (QED) is 0.478. The number of carbonyl (C=O) groups is 1. The fraction of sp³-hybridized carbons (Fsp3) is 0.480. The van der Waals surface area contributed by atoms with Gasteiger partial charge in [0.25, 0.3) is 5.91 Å². The molecule has 0 bridgehead atoms. The summed E-state index contributed by atoms with van der Waals surface area (Å²) in [6.07, 6.45) is 9.51. The van der Waals surface area contributed by atoms with Gasteiger partial charge in [0, 0.05) is 35.1 Å². The first-order valence-corrected chi connectivity index (χ1v) is 14.5. The number of hydrogen-bond acceptors (Lipinski definition) is 6. The lowest BCUT2D eigenvalue weighted by Gasteiger charge is -2.35. The molecule has 1 aliphatic heterocycles. The number of carbonyl (C=O) groups excluding carboxylic acids is 1. The molecule has 3 aromatic rings. The smallest absolute Gasteiger partial charge is 0.256 e. The highest BCUT2D eigenvalue weighted by Gasteiger charge is 2.37. The van der Waals surface area contributed by atoms with Crippen molar-refractivity contribution in [3.8, 4) is 0 Å². The summed E-state index contributed by atoms with van der Waals surface area (Å²) in [5.41, 5.74) is 10.3. The Hall–Kier alpha value is -2.69. The van der Waals surface area contributed by atoms with Crippen LogP contribution < -0.4 is 10.5 Å². The molecule has 0 radical (unpaired) electrons. The Morgan fingerprint density at radius 2 is 2.06 bits per heavy atom. The number of nitrogens with zero attached hydrogens (tertiary/aromatic N) is 4. The monoisotopic (exact) mass is 530 g/mol. The van der Waals surface area contributed by atoms with E-state index in [0.29, 0.717) is 11.6 Å². The highest BCUT2D eigenvalue weighted by atomic mass is 35.5. The molecule has 0 unspecified atom stereocenters. The highest BCUT2D eigenvalue weighted by molar-refractivity contribution is 7.92. The fourth-order valence-corrected chi connectivity index (χ4v) is 5.63. The number of anilines is 1. The second-order valence-corrected chi connectivity index (χ2v) is 12.4. The van der Waals surface area contributed by atoms with Gasteiger partial charge in [-0.15, -0.1) is 0 Å². The lowest BCUT2D eigenvalue weighted by Crippen LogP contribution is -2.39. The fourth-order valence-electron chi connectivity index (χ4n) is 4.88. The third-order valence-electron chi connectivity index (χ3n) is 7.12. The van der Waals surface area contributed by atoms with E-state index in [4.69, 9.17) is 27.4 Å². The van der Waals surface area contributed by atoms with Crippen molar-refractivity contribution in [1.82, 2.24) is 19.5 Å². The molecular weight excluding hydrogens is 500 g/mol. The first kappa shape index (κ1) is 25.0. The molecule has 2 aromatic heterocycles. The van der Waals surface area contributed by atoms with Crippen LogP contribution in [-0.4, -0.2) is 52.2 Å². The number of sulfonamides is 1. The zero-order valence-corrected chi connectivity index (χ0v) is 22.1. The number of benzene rings is 1. The van der Waals surface area contributed by atoms with E-state index in [1.807, 2.05) is 19.2 Å². The van der Waals surface area contributed by atoms with Gasteiger partial charge in [0.1, 0.15) is 0 Å². The van der Waals surface area contributed by atoms with Crippen LogP contribution in [0.1, 0.15) is 71.9 Å². The highest BCUT2D eigenvalue weighted by Crippen LogP contribution is 2.37. The Morgan fingerprint density at radius 3 is 2.78 bits per heavy atom. The summed E-state index contributed by atoms with van der Waals surface area (Å²) in [7, 11) is -3.57. The van der Waals surface area contributed by atoms with Gasteiger partial charge in [0.05, 0.1) is 29.2 Å². The number of nitrogens with one attached hydrogen (secondary N) is 1. The normalized spacial score (nSPS) is 19.4. The minimum atomic E-state index is -3.57. The van der Waals surface area contributed by atoms with Gasteiger partial charge in [-0.1, -0.05) is 11.6 Å². The summed E-state index contributed by atoms with van der Waals surface area (Å²) in [6.45, 7) is 2.57. The maximum Gasteiger partial charge on any atom is 0.256 e. The van der Waals surface area contributed by atoms with E-state index < -0.39 is 10.0 Å². The van der Waals surface area contributed by atoms with Crippen LogP contribution in [-0.2, 0) is 16.4 Å². The minimum Gasteiger partial charge on any atom is -0.330 e. The average Bonchev–Trinajstić information content (AvgIpc) is 3.42. The number of nitrogens with two attached hydrogens (primary N) is 1. The van der Waals surface area contributed by atoms with Crippen LogP contribution in [0.15, 0.2) is 30.5 Å². The zero-order valence-electron chi connectivity index (χ0n) is 20.5. The molecule has 9 nitrogen and oxygen atoms in total. The number of hydrogen-bond donors (Lipinski definition) is 2. The molecule has 36 heavy (non-hydrogen) atoms. The third-order valence-corrected chi connectivity index (χ3v) is 7.95. The predicted octanol–water partition coefficient (Wildman–Crippen LogP) is 3.85. The van der Waals surface area contributed by atoms with Gasteiger partial charge in [-0.2, -0.15) is 5.10 Å². The van der Waals surface area contributed by atoms with E-state index in [0.717, 1.165) is 73.8 Å². The van der Waals surface area contributed by atoms with Crippen molar-refractivity contribution in [3.05, 3.63) is 58.0 Å². The Bertz CT molecular complexity index is 1430. The first-order valence-electron chi connectivity index (χ1n) is 12.2. The van der Waals surface area contributed by atoms with Gasteiger partial charge in [0.2, 0.25) is 10.0 Å². The Labute approximate surface area is 216 Å². The summed E-state index contributed by atoms with van der Waals surface area (Å²) in [6, 6.07) is 6.28. The number of rotatable bonds is 7. The summed E-state index contributed by atoms with van der Waals surface area (Å²) < 4.78 is 28.0. The second-order valence-electron chi connectivity index (χ2n) is 10.2. The summed E-state index contributed by atoms with van der Waals surface area (Å²) in [5, 5.41) is 5.14. The Balaban J connectivity index is 1.45. The van der Waals surface area contributed by atoms with Gasteiger partial charge >= 0.3 is 0 Å². The lowest BCUT2D eigenvalue weighted by atomic mass is 9.98. The molecule has 11 heteroatoms. The molecule has 0 spiro atoms. The van der Waals surface area contributed by atoms with Gasteiger partial charge in [0.15, 0.2) is 5.65 Å². The number of aryl methyl sites for hydroxylation is 2. The molecule has 2 fully saturated rings. The number of piperidine rings is 1. The number of aromatic nitrogens is 3. The summed E-state index contributed by atoms with van der Waals surface area (Å²) >= 11 is 6.19. The van der Waals surface area contributed by atoms with Crippen LogP contribution in [0, 0.1) is 6.92 Å². The van der Waals surface area contributed by atoms with Crippen molar-refractivity contribution in [2.75, 3.05) is 17.5 Å². The van der Waals surface area contributed by atoms with E-state index in [-0.39, 0.29) is 28.7 Å². The van der Waals surface area contributed by atoms with Crippen molar-refractivity contribution >= 4 is 38.9 Å². The molecule has 1 amide bonds. The minimum absolute atomic E-state index is 0.0280. The third kappa shape index (κ3) is 5.35. The van der Waals surface area contributed by atoms with Crippen LogP contribution >= 0.6 is 11.6 Å². The lowest BCUT2D eigenvalue weighted by molar-refractivity contribution is 0.0607. The number of likely N-dealkylation sites (tertiary alicyclic amines) is 1. The molecule has 2 aliphatic rings. The number of fused-ring (bicyclic) bond motifs is 1. The van der Waals surface area contributed by atoms with Crippen LogP contribution in [0.4, 0.5) is 5.69 Å². The molecule has 1 aromatic carbocycles. The van der Waals surface area contributed by atoms with Crippen molar-refractivity contribution < 1.29 is 13.2 Å². The number of halogens is 1. The summed E-state index contributed by atoms with van der Waals surface area (Å²) in [4.78, 5) is 20.4. The zero-order chi connectivity index (χ0) is 25.7. The van der Waals surface area contributed by atoms with Gasteiger partial charge in [-0.05, 0) is 75.6 Å². The SMILES string of the molecule is Cc1cn2nc([C@@H]3CCCCN3C(=O)c3cc(Cl)ccc3NS(C)(=O)=O)cc2nc1CCC1(N)CC1. The first-order chi connectivity index (χ1) is 17.0. The largest absolute Gasteiger partial charge is 0.330 e. The molecule has 1 aliphatic carbocycles. The van der Waals surface area contributed by atoms with Crippen molar-refractivity contribution in [2.24, 2.45) is 5.73 Å². The molecule has 1 saturated heterocycles. The van der Waals surface area contributed by atoms with E-state index in [1.54, 1.807) is 15.5 Å². The Morgan fingerprint density at radius 1 is 1.28 bits per heavy atom. The maximum atomic E-state index is 13.7. The van der Waals surface area contributed by atoms with E-state index in [9.17, 15) is 13.2 Å². The predicted molar refractivity (Wildman–Crippen MR) is 140 cm³/mol. The van der Waals surface area contributed by atoms with Crippen LogP contribution in [0.3, 0.4) is 0 Å². The van der Waals surface area contributed by atoms with E-state index >= 15 is 0 Å². The van der Waals surface area contributed by atoms with Gasteiger partial charge in [-0.25, -0.2) is 17.9 Å². The van der Waals surface area contributed by atoms with Crippen molar-refractivity contribution in [1.29, 1.82) is 0 Å². The van der Waals surface area contributed by atoms with Crippen LogP contribution in [0.25, 0.3) is 5.65 Å². The standard InChI is InChI=1S/C25H31ClN6O3S/c1-16-15-32-23(28-19(16)8-9-25(27)10-11-25)14-21(29-32)22-5-3-4-12-31(22)24(33)18-13-17(26)6-7-20(18)30-36(2,34)35/h6-7,13-15,22,30H,3-5,8-12,27H2,1-2H3/t22-/m0/s1. The van der Waals surface area contributed by atoms with Gasteiger partial charge < -0.3 is 10.6 Å². The number of amides is 1. The van der Waals surface area contributed by atoms with Crippen LogP contribution in [0.5, 0.6) is 0 Å². The molecule has 3 N–H and O–H groups in total. The van der Waals surface area contributed by atoms with E-state index in [2.05, 4.69) is 4.72 Å². The summed E-state index contributed by atoms with van der Waals surface area (Å²) in [5.74, 6) is -0.284. The molecule has 5 rings (SSSR count). The molecule has 1 saturated carbocycles. The second kappa shape index (κ2) is 9.32. The van der Waals surface area contributed by atoms with Crippen molar-refractivity contribution in [3.63, 3.8) is 0 Å². The van der Waals surface area contributed by atoms with Crippen molar-refractivity contribution in [2.45, 2.75) is 63.5 Å². The molecule has 192 valence electrons. The van der Waals surface area contributed by atoms with E-state index in [1.165, 1.54) is 12.1 Å².